The van der Waals surface area contributed by atoms with Gasteiger partial charge in [0.15, 0.2) is 6.10 Å². The molecule has 0 saturated carbocycles. The number of carboxylic acids is 1. The third-order valence-corrected chi connectivity index (χ3v) is 10.5. The molecule has 0 bridgehead atoms. The fraction of sp³-hybridized carbons (Fsp3) is 0.404. The van der Waals surface area contributed by atoms with E-state index in [1.54, 1.807) is 66.5 Å². The molecule has 3 heterocycles. The zero-order valence-corrected chi connectivity index (χ0v) is 42.9. The molecule has 0 aromatic heterocycles. The zero-order valence-electron chi connectivity index (χ0n) is 42.9. The highest BCUT2D eigenvalue weighted by atomic mass is 16.6. The molecular formula is C52H63N3O18. The standard InChI is InChI=1S/C16H21NO5.C16H20O5.C12H13NO5.C8H9NO3/c1-16(2,3)22-15(19)13-9-17(4)11-8-10(14(18)20-5)6-7-12(11)21-13;1-16(2,3)21-15(18)13-8-5-10-9-11(14(17)19-4)6-7-12(10)20-13;1-13-6-10(11(14)15)18-9-4-3-7(5-8(9)13)12(16)17-2;1-12-8(11)5-2-3-7(10)6(9)4-5/h6-8,13H,9H2,1-5H3;6-7,9,13H,5,8H2,1-4H3;3-5,10H,6H2,1-2H3,(H,14,15);2-4,10H,9H2,1H3. The Morgan fingerprint density at radius 2 is 0.918 bits per heavy atom. The Bertz CT molecular complexity index is 2670. The van der Waals surface area contributed by atoms with Crippen LogP contribution in [0, 0.1) is 0 Å². The Hall–Kier alpha value is -8.23. The summed E-state index contributed by atoms with van der Waals surface area (Å²) in [5, 5.41) is 18.0. The molecule has 0 amide bonds. The highest BCUT2D eigenvalue weighted by molar-refractivity contribution is 5.93. The van der Waals surface area contributed by atoms with Crippen molar-refractivity contribution in [3.8, 4) is 23.0 Å². The molecular weight excluding hydrogens is 955 g/mol. The van der Waals surface area contributed by atoms with Gasteiger partial charge in [-0.05, 0) is 133 Å². The fourth-order valence-corrected chi connectivity index (χ4v) is 6.98. The number of carbonyl (C=O) groups excluding carboxylic acids is 6. The van der Waals surface area contributed by atoms with Crippen molar-refractivity contribution in [2.75, 3.05) is 71.2 Å². The van der Waals surface area contributed by atoms with Gasteiger partial charge in [0.2, 0.25) is 12.2 Å². The second-order valence-electron chi connectivity index (χ2n) is 18.5. The molecule has 0 radical (unpaired) electrons. The van der Waals surface area contributed by atoms with Crippen molar-refractivity contribution in [3.05, 3.63) is 101 Å². The van der Waals surface area contributed by atoms with Crippen molar-refractivity contribution in [2.24, 2.45) is 0 Å². The summed E-state index contributed by atoms with van der Waals surface area (Å²) >= 11 is 0. The van der Waals surface area contributed by atoms with Crippen LogP contribution in [0.3, 0.4) is 0 Å². The van der Waals surface area contributed by atoms with Gasteiger partial charge in [0.25, 0.3) is 0 Å². The Labute approximate surface area is 422 Å². The van der Waals surface area contributed by atoms with E-state index in [1.165, 1.54) is 46.6 Å². The number of hydrogen-bond acceptors (Lipinski definition) is 20. The first kappa shape index (κ1) is 57.3. The van der Waals surface area contributed by atoms with E-state index in [9.17, 15) is 33.6 Å². The summed E-state index contributed by atoms with van der Waals surface area (Å²) in [5.74, 6) is -1.91. The monoisotopic (exact) mass is 1020 g/mol. The molecule has 3 atom stereocenters. The van der Waals surface area contributed by atoms with Gasteiger partial charge >= 0.3 is 41.8 Å². The molecule has 3 unspecified atom stereocenters. The van der Waals surface area contributed by atoms with Crippen LogP contribution in [0.15, 0.2) is 72.8 Å². The minimum atomic E-state index is -1.01. The van der Waals surface area contributed by atoms with Crippen molar-refractivity contribution >= 4 is 58.8 Å². The number of anilines is 3. The second-order valence-corrected chi connectivity index (χ2v) is 18.5. The van der Waals surface area contributed by atoms with Crippen LogP contribution in [0.4, 0.5) is 17.1 Å². The van der Waals surface area contributed by atoms with Crippen LogP contribution in [0.2, 0.25) is 0 Å². The molecule has 4 aromatic rings. The largest absolute Gasteiger partial charge is 0.506 e. The normalized spacial score (nSPS) is 16.1. The molecule has 0 aliphatic carbocycles. The average molecular weight is 1020 g/mol. The van der Waals surface area contributed by atoms with Crippen LogP contribution in [-0.4, -0.2) is 137 Å². The molecule has 0 fully saturated rings. The predicted octanol–water partition coefficient (Wildman–Crippen LogP) is 6.04. The number of ether oxygens (including phenoxy) is 9. The van der Waals surface area contributed by atoms with Crippen LogP contribution in [0.1, 0.15) is 95.0 Å². The maximum absolute atomic E-state index is 12.1. The van der Waals surface area contributed by atoms with E-state index in [2.05, 4.69) is 14.2 Å². The van der Waals surface area contributed by atoms with Gasteiger partial charge in [0.05, 0.1) is 80.8 Å². The summed E-state index contributed by atoms with van der Waals surface area (Å²) in [6, 6.07) is 18.9. The van der Waals surface area contributed by atoms with Crippen LogP contribution in [0.25, 0.3) is 0 Å². The molecule has 394 valence electrons. The van der Waals surface area contributed by atoms with Crippen molar-refractivity contribution in [1.29, 1.82) is 0 Å². The first-order chi connectivity index (χ1) is 34.2. The van der Waals surface area contributed by atoms with E-state index in [0.717, 1.165) is 11.3 Å². The van der Waals surface area contributed by atoms with Gasteiger partial charge in [-0.25, -0.2) is 33.6 Å². The summed E-state index contributed by atoms with van der Waals surface area (Å²) in [6.07, 6.45) is -0.996. The summed E-state index contributed by atoms with van der Waals surface area (Å²) < 4.78 is 45.9. The molecule has 21 heteroatoms. The maximum atomic E-state index is 12.1. The number of nitrogens with two attached hydrogens (primary N) is 1. The molecule has 4 aromatic carbocycles. The Morgan fingerprint density at radius 3 is 1.34 bits per heavy atom. The maximum Gasteiger partial charge on any atom is 0.349 e. The van der Waals surface area contributed by atoms with Gasteiger partial charge in [0, 0.05) is 14.1 Å². The number of aromatic hydroxyl groups is 1. The number of carboxylic acid groups (broad SMARTS) is 1. The lowest BCUT2D eigenvalue weighted by Gasteiger charge is -2.34. The number of aryl methyl sites for hydroxylation is 1. The van der Waals surface area contributed by atoms with Crippen LogP contribution >= 0.6 is 0 Å². The number of nitrogen functional groups attached to an aromatic ring is 1. The Morgan fingerprint density at radius 1 is 0.548 bits per heavy atom. The number of phenols is 1. The number of phenolic OH excluding ortho intramolecular Hbond substituents is 1. The van der Waals surface area contributed by atoms with Gasteiger partial charge in [-0.3, -0.25) is 0 Å². The second kappa shape index (κ2) is 24.7. The molecule has 0 saturated heterocycles. The lowest BCUT2D eigenvalue weighted by Crippen LogP contribution is -2.45. The molecule has 7 rings (SSSR count). The van der Waals surface area contributed by atoms with Gasteiger partial charge in [-0.2, -0.15) is 0 Å². The number of fused-ring (bicyclic) bond motifs is 3. The number of hydrogen-bond donors (Lipinski definition) is 3. The van der Waals surface area contributed by atoms with Crippen molar-refractivity contribution in [1.82, 2.24) is 0 Å². The fourth-order valence-electron chi connectivity index (χ4n) is 6.98. The number of nitrogens with zero attached hydrogens (tertiary/aromatic N) is 2. The van der Waals surface area contributed by atoms with Crippen molar-refractivity contribution in [3.63, 3.8) is 0 Å². The lowest BCUT2D eigenvalue weighted by atomic mass is 10.00. The molecule has 21 nitrogen and oxygen atoms in total. The van der Waals surface area contributed by atoms with Crippen molar-refractivity contribution < 1.29 is 86.4 Å². The van der Waals surface area contributed by atoms with Crippen molar-refractivity contribution in [2.45, 2.75) is 83.9 Å². The minimum absolute atomic E-state index is 0.0392. The average Bonchev–Trinajstić information content (AvgIpc) is 3.35. The molecule has 4 N–H and O–H groups in total. The summed E-state index contributed by atoms with van der Waals surface area (Å²) in [4.78, 5) is 84.1. The van der Waals surface area contributed by atoms with Gasteiger partial charge in [-0.15, -0.1) is 0 Å². The first-order valence-corrected chi connectivity index (χ1v) is 22.6. The predicted molar refractivity (Wildman–Crippen MR) is 265 cm³/mol. The van der Waals surface area contributed by atoms with E-state index in [0.29, 0.717) is 64.6 Å². The van der Waals surface area contributed by atoms with Gasteiger partial charge < -0.3 is 68.4 Å². The number of rotatable bonds is 7. The summed E-state index contributed by atoms with van der Waals surface area (Å²) in [5.41, 5.74) is 8.39. The zero-order chi connectivity index (χ0) is 54.5. The minimum Gasteiger partial charge on any atom is -0.506 e. The van der Waals surface area contributed by atoms with Gasteiger partial charge in [0.1, 0.15) is 34.2 Å². The number of aliphatic carboxylic acids is 1. The molecule has 3 aliphatic heterocycles. The highest BCUT2D eigenvalue weighted by Gasteiger charge is 2.34. The van der Waals surface area contributed by atoms with Crippen LogP contribution in [-0.2, 0) is 49.2 Å². The van der Waals surface area contributed by atoms with E-state index in [1.807, 2.05) is 53.5 Å². The smallest absolute Gasteiger partial charge is 0.349 e. The summed E-state index contributed by atoms with van der Waals surface area (Å²) in [7, 11) is 8.85. The third-order valence-electron chi connectivity index (χ3n) is 10.5. The number of likely N-dealkylation sites (N-methyl/N-ethyl adjacent to an activating group) is 2. The molecule has 3 aliphatic rings. The Balaban J connectivity index is 0.000000215. The van der Waals surface area contributed by atoms with Crippen LogP contribution in [0.5, 0.6) is 23.0 Å². The number of methoxy groups -OCH3 is 4. The van der Waals surface area contributed by atoms with E-state index in [4.69, 9.17) is 44.4 Å². The van der Waals surface area contributed by atoms with Gasteiger partial charge in [-0.1, -0.05) is 0 Å². The van der Waals surface area contributed by atoms with E-state index >= 15 is 0 Å². The SMILES string of the molecule is COC(=O)c1ccc(O)c(N)c1.COC(=O)c1ccc2c(c1)CCC(C(=O)OC(C)(C)C)O2.COC(=O)c1ccc2c(c1)N(C)CC(C(=O)O)O2.COC(=O)c1ccc2c(c1)N(C)CC(C(=O)OC(C)(C)C)O2. The lowest BCUT2D eigenvalue weighted by molar-refractivity contribution is -0.164. The quantitative estimate of drug-likeness (QED) is 0.0824. The molecule has 73 heavy (non-hydrogen) atoms. The van der Waals surface area contributed by atoms with E-state index in [-0.39, 0.29) is 29.9 Å². The Kier molecular flexibility index (Phi) is 19.4. The number of esters is 6. The topological polar surface area (TPSA) is 276 Å². The summed E-state index contributed by atoms with van der Waals surface area (Å²) in [6.45, 7) is 11.5. The number of carbonyl (C=O) groups is 7. The number of benzene rings is 4. The van der Waals surface area contributed by atoms with E-state index < -0.39 is 59.4 Å². The first-order valence-electron chi connectivity index (χ1n) is 22.6. The molecule has 0 spiro atoms. The third kappa shape index (κ3) is 16.1. The van der Waals surface area contributed by atoms with Crippen LogP contribution < -0.4 is 29.7 Å². The highest BCUT2D eigenvalue weighted by Crippen LogP contribution is 2.36.